The number of amides is 1. The van der Waals surface area contributed by atoms with Gasteiger partial charge in [-0.2, -0.15) is 5.26 Å². The predicted molar refractivity (Wildman–Crippen MR) is 74.3 cm³/mol. The Balaban J connectivity index is 3.10. The molecule has 1 amide bonds. The fourth-order valence-electron chi connectivity index (χ4n) is 1.33. The Kier molecular flexibility index (Phi) is 5.27. The number of nitriles is 1. The fourth-order valence-corrected chi connectivity index (χ4v) is 3.48. The van der Waals surface area contributed by atoms with Gasteiger partial charge in [0.05, 0.1) is 4.90 Å². The zero-order valence-corrected chi connectivity index (χ0v) is 12.3. The van der Waals surface area contributed by atoms with E-state index in [1.807, 2.05) is 6.92 Å². The molecule has 0 spiro atoms. The summed E-state index contributed by atoms with van der Waals surface area (Å²) < 4.78 is 23.0. The van der Waals surface area contributed by atoms with E-state index in [2.05, 4.69) is 5.32 Å². The van der Waals surface area contributed by atoms with Crippen molar-refractivity contribution in [2.24, 2.45) is 0 Å². The van der Waals surface area contributed by atoms with E-state index in [4.69, 9.17) is 5.26 Å². The van der Waals surface area contributed by atoms with Gasteiger partial charge < -0.3 is 5.32 Å². The molecule has 0 saturated heterocycles. The van der Waals surface area contributed by atoms with Crippen LogP contribution in [0, 0.1) is 11.3 Å². The lowest BCUT2D eigenvalue weighted by molar-refractivity contribution is -0.117. The number of carbonyl (C=O) groups excluding carboxylic acids is 1. The highest BCUT2D eigenvalue weighted by molar-refractivity contribution is 7.91. The SMILES string of the molecule is CCCNC(=O)/C(C#N)=C/c1sccc1S(C)(=O)=O. The summed E-state index contributed by atoms with van der Waals surface area (Å²) in [5.74, 6) is -0.489. The standard InChI is InChI=1S/C12H14N2O3S2/c1-3-5-14-12(15)9(8-13)7-10-11(4-6-18-10)19(2,16)17/h4,6-7H,3,5H2,1-2H3,(H,14,15)/b9-7+. The van der Waals surface area contributed by atoms with Gasteiger partial charge in [0.2, 0.25) is 0 Å². The van der Waals surface area contributed by atoms with E-state index in [1.54, 1.807) is 11.4 Å². The van der Waals surface area contributed by atoms with E-state index in [1.165, 1.54) is 23.5 Å². The second-order valence-electron chi connectivity index (χ2n) is 3.85. The van der Waals surface area contributed by atoms with Crippen LogP contribution in [0.5, 0.6) is 0 Å². The maximum atomic E-state index is 11.7. The molecule has 1 aromatic rings. The average molecular weight is 298 g/mol. The Morgan fingerprint density at radius 2 is 2.26 bits per heavy atom. The maximum Gasteiger partial charge on any atom is 0.261 e. The first-order valence-corrected chi connectivity index (χ1v) is 8.34. The molecule has 0 fully saturated rings. The van der Waals surface area contributed by atoms with Gasteiger partial charge in [0, 0.05) is 17.7 Å². The molecule has 0 aliphatic heterocycles. The van der Waals surface area contributed by atoms with Crippen LogP contribution in [0.3, 0.4) is 0 Å². The van der Waals surface area contributed by atoms with E-state index in [0.29, 0.717) is 11.4 Å². The highest BCUT2D eigenvalue weighted by Gasteiger charge is 2.15. The third-order valence-corrected chi connectivity index (χ3v) is 4.38. The molecule has 1 heterocycles. The minimum atomic E-state index is -3.36. The molecule has 0 saturated carbocycles. The van der Waals surface area contributed by atoms with E-state index in [9.17, 15) is 13.2 Å². The lowest BCUT2D eigenvalue weighted by Gasteiger charge is -2.02. The summed E-state index contributed by atoms with van der Waals surface area (Å²) in [6.45, 7) is 2.37. The van der Waals surface area contributed by atoms with Crippen LogP contribution < -0.4 is 5.32 Å². The summed E-state index contributed by atoms with van der Waals surface area (Å²) >= 11 is 1.17. The van der Waals surface area contributed by atoms with Gasteiger partial charge in [-0.05, 0) is 23.9 Å². The van der Waals surface area contributed by atoms with Gasteiger partial charge >= 0.3 is 0 Å². The monoisotopic (exact) mass is 298 g/mol. The largest absolute Gasteiger partial charge is 0.351 e. The molecule has 5 nitrogen and oxygen atoms in total. The molecule has 1 aromatic heterocycles. The molecule has 1 N–H and O–H groups in total. The first-order valence-electron chi connectivity index (χ1n) is 5.57. The predicted octanol–water partition coefficient (Wildman–Crippen LogP) is 1.58. The highest BCUT2D eigenvalue weighted by atomic mass is 32.2. The van der Waals surface area contributed by atoms with Crippen LogP contribution in [0.1, 0.15) is 18.2 Å². The Morgan fingerprint density at radius 3 is 2.79 bits per heavy atom. The number of hydrogen-bond donors (Lipinski definition) is 1. The summed E-state index contributed by atoms with van der Waals surface area (Å²) in [5, 5.41) is 13.2. The first kappa shape index (κ1) is 15.4. The zero-order chi connectivity index (χ0) is 14.5. The van der Waals surface area contributed by atoms with Gasteiger partial charge in [0.15, 0.2) is 9.84 Å². The molecule has 0 unspecified atom stereocenters. The lowest BCUT2D eigenvalue weighted by Crippen LogP contribution is -2.25. The number of nitrogens with zero attached hydrogens (tertiary/aromatic N) is 1. The number of sulfone groups is 1. The van der Waals surface area contributed by atoms with Gasteiger partial charge in [-0.3, -0.25) is 4.79 Å². The molecule has 7 heteroatoms. The normalized spacial score (nSPS) is 11.9. The molecule has 19 heavy (non-hydrogen) atoms. The minimum absolute atomic E-state index is 0.0965. The van der Waals surface area contributed by atoms with Crippen molar-refractivity contribution in [3.05, 3.63) is 21.9 Å². The summed E-state index contributed by atoms with van der Waals surface area (Å²) in [6, 6.07) is 3.25. The van der Waals surface area contributed by atoms with Crippen molar-refractivity contribution in [3.63, 3.8) is 0 Å². The molecule has 0 aliphatic rings. The molecule has 0 bridgehead atoms. The minimum Gasteiger partial charge on any atom is -0.351 e. The van der Waals surface area contributed by atoms with E-state index in [-0.39, 0.29) is 10.5 Å². The van der Waals surface area contributed by atoms with Crippen LogP contribution >= 0.6 is 11.3 Å². The molecule has 0 aromatic carbocycles. The van der Waals surface area contributed by atoms with Crippen LogP contribution in [-0.4, -0.2) is 27.1 Å². The second-order valence-corrected chi connectivity index (χ2v) is 6.78. The summed E-state index contributed by atoms with van der Waals surface area (Å²) in [7, 11) is -3.36. The van der Waals surface area contributed by atoms with Crippen molar-refractivity contribution in [1.29, 1.82) is 5.26 Å². The van der Waals surface area contributed by atoms with Crippen molar-refractivity contribution in [1.82, 2.24) is 5.32 Å². The number of rotatable bonds is 5. The van der Waals surface area contributed by atoms with Crippen molar-refractivity contribution in [3.8, 4) is 6.07 Å². The van der Waals surface area contributed by atoms with Crippen molar-refractivity contribution in [2.45, 2.75) is 18.2 Å². The van der Waals surface area contributed by atoms with Gasteiger partial charge in [-0.25, -0.2) is 8.42 Å². The number of thiophene rings is 1. The van der Waals surface area contributed by atoms with Gasteiger partial charge in [-0.15, -0.1) is 11.3 Å². The Morgan fingerprint density at radius 1 is 1.58 bits per heavy atom. The lowest BCUT2D eigenvalue weighted by atomic mass is 10.2. The molecular weight excluding hydrogens is 284 g/mol. The van der Waals surface area contributed by atoms with Crippen LogP contribution in [0.2, 0.25) is 0 Å². The fraction of sp³-hybridized carbons (Fsp3) is 0.333. The van der Waals surface area contributed by atoms with Crippen molar-refractivity contribution in [2.75, 3.05) is 12.8 Å². The summed E-state index contributed by atoms with van der Waals surface area (Å²) in [4.78, 5) is 12.2. The molecule has 1 rings (SSSR count). The molecule has 102 valence electrons. The van der Waals surface area contributed by atoms with E-state index >= 15 is 0 Å². The molecule has 0 aliphatic carbocycles. The summed E-state index contributed by atoms with van der Waals surface area (Å²) in [5.41, 5.74) is -0.0965. The van der Waals surface area contributed by atoms with Gasteiger partial charge in [-0.1, -0.05) is 6.92 Å². The van der Waals surface area contributed by atoms with Crippen LogP contribution in [0.4, 0.5) is 0 Å². The zero-order valence-electron chi connectivity index (χ0n) is 10.6. The second kappa shape index (κ2) is 6.50. The molecular formula is C12H14N2O3S2. The van der Waals surface area contributed by atoms with Crippen molar-refractivity contribution >= 4 is 33.2 Å². The van der Waals surface area contributed by atoms with Crippen LogP contribution in [-0.2, 0) is 14.6 Å². The highest BCUT2D eigenvalue weighted by Crippen LogP contribution is 2.24. The topological polar surface area (TPSA) is 87.0 Å². The quantitative estimate of drug-likeness (QED) is 0.660. The summed E-state index contributed by atoms with van der Waals surface area (Å²) in [6.07, 6.45) is 3.17. The van der Waals surface area contributed by atoms with Crippen molar-refractivity contribution < 1.29 is 13.2 Å². The van der Waals surface area contributed by atoms with Gasteiger partial charge in [0.25, 0.3) is 5.91 Å². The first-order chi connectivity index (χ1) is 8.90. The number of carbonyl (C=O) groups is 1. The van der Waals surface area contributed by atoms with Gasteiger partial charge in [0.1, 0.15) is 11.6 Å². The Hall–Kier alpha value is -1.65. The van der Waals surface area contributed by atoms with E-state index < -0.39 is 15.7 Å². The number of hydrogen-bond acceptors (Lipinski definition) is 5. The Bertz CT molecular complexity index is 636. The third-order valence-electron chi connectivity index (χ3n) is 2.23. The smallest absolute Gasteiger partial charge is 0.261 e. The van der Waals surface area contributed by atoms with Crippen LogP contribution in [0.25, 0.3) is 6.08 Å². The number of nitrogens with one attached hydrogen (secondary N) is 1. The third kappa shape index (κ3) is 4.19. The molecule has 0 radical (unpaired) electrons. The van der Waals surface area contributed by atoms with Crippen LogP contribution in [0.15, 0.2) is 21.9 Å². The van der Waals surface area contributed by atoms with E-state index in [0.717, 1.165) is 12.7 Å². The average Bonchev–Trinajstić information content (AvgIpc) is 2.80. The maximum absolute atomic E-state index is 11.7. The Labute approximate surface area is 116 Å². The molecule has 0 atom stereocenters.